The van der Waals surface area contributed by atoms with Gasteiger partial charge >= 0.3 is 0 Å². The van der Waals surface area contributed by atoms with E-state index in [0.29, 0.717) is 6.61 Å². The van der Waals surface area contributed by atoms with Crippen LogP contribution in [0.2, 0.25) is 0 Å². The van der Waals surface area contributed by atoms with Gasteiger partial charge in [-0.2, -0.15) is 0 Å². The third-order valence-corrected chi connectivity index (χ3v) is 1.73. The second-order valence-electron chi connectivity index (χ2n) is 3.24. The molecule has 0 aliphatic carbocycles. The molecule has 2 nitrogen and oxygen atoms in total. The molecule has 0 aromatic heterocycles. The Balaban J connectivity index is 2.55. The topological polar surface area (TPSA) is 21.6 Å². The van der Waals surface area contributed by atoms with E-state index in [0.717, 1.165) is 5.71 Å². The second kappa shape index (κ2) is 4.65. The molecule has 0 N–H and O–H groups in total. The van der Waals surface area contributed by atoms with Crippen molar-refractivity contribution >= 4 is 5.71 Å². The van der Waals surface area contributed by atoms with Crippen LogP contribution in [0.15, 0.2) is 29.4 Å². The quantitative estimate of drug-likeness (QED) is 0.514. The first-order valence-electron chi connectivity index (χ1n) is 4.38. The van der Waals surface area contributed by atoms with Crippen molar-refractivity contribution in [1.29, 1.82) is 0 Å². The molecule has 70 valence electrons. The van der Waals surface area contributed by atoms with Crippen LogP contribution < -0.4 is 0 Å². The Bertz CT molecular complexity index is 301. The van der Waals surface area contributed by atoms with Crippen molar-refractivity contribution in [2.75, 3.05) is 0 Å². The van der Waals surface area contributed by atoms with Crippen molar-refractivity contribution in [3.63, 3.8) is 0 Å². The van der Waals surface area contributed by atoms with E-state index in [9.17, 15) is 0 Å². The van der Waals surface area contributed by atoms with E-state index in [1.165, 1.54) is 11.1 Å². The molecule has 0 aliphatic rings. The van der Waals surface area contributed by atoms with Crippen LogP contribution in [0, 0.1) is 6.92 Å². The fraction of sp³-hybridized carbons (Fsp3) is 0.364. The number of oxime groups is 1. The summed E-state index contributed by atoms with van der Waals surface area (Å²) in [5.41, 5.74) is 3.37. The maximum Gasteiger partial charge on any atom is 0.142 e. The lowest BCUT2D eigenvalue weighted by Crippen LogP contribution is -1.92. The molecule has 0 amide bonds. The molecule has 0 heterocycles. The zero-order valence-corrected chi connectivity index (χ0v) is 8.37. The summed E-state index contributed by atoms with van der Waals surface area (Å²) in [5.74, 6) is 0. The highest BCUT2D eigenvalue weighted by molar-refractivity contribution is 5.78. The van der Waals surface area contributed by atoms with Crippen LogP contribution in [0.3, 0.4) is 0 Å². The van der Waals surface area contributed by atoms with Crippen LogP contribution in [-0.2, 0) is 11.4 Å². The number of aryl methyl sites for hydroxylation is 1. The molecule has 1 aromatic carbocycles. The van der Waals surface area contributed by atoms with E-state index in [2.05, 4.69) is 24.2 Å². The fourth-order valence-corrected chi connectivity index (χ4v) is 1.00. The van der Waals surface area contributed by atoms with E-state index in [1.54, 1.807) is 0 Å². The highest BCUT2D eigenvalue weighted by atomic mass is 16.6. The van der Waals surface area contributed by atoms with Crippen LogP contribution in [0.4, 0.5) is 0 Å². The van der Waals surface area contributed by atoms with Gasteiger partial charge in [-0.1, -0.05) is 29.4 Å². The van der Waals surface area contributed by atoms with Crippen molar-refractivity contribution in [3.05, 3.63) is 35.4 Å². The third-order valence-electron chi connectivity index (χ3n) is 1.73. The van der Waals surface area contributed by atoms with Crippen molar-refractivity contribution < 1.29 is 4.84 Å². The molecule has 1 aromatic rings. The number of nitrogens with zero attached hydrogens (tertiary/aromatic N) is 1. The van der Waals surface area contributed by atoms with Gasteiger partial charge in [-0.25, -0.2) is 0 Å². The summed E-state index contributed by atoms with van der Waals surface area (Å²) < 4.78 is 0. The van der Waals surface area contributed by atoms with Crippen molar-refractivity contribution in [3.8, 4) is 0 Å². The average Bonchev–Trinajstić information content (AvgIpc) is 2.08. The van der Waals surface area contributed by atoms with E-state index in [1.807, 2.05) is 26.0 Å². The zero-order valence-electron chi connectivity index (χ0n) is 8.37. The molecule has 0 fully saturated rings. The molecule has 0 spiro atoms. The van der Waals surface area contributed by atoms with Crippen molar-refractivity contribution in [1.82, 2.24) is 0 Å². The fourth-order valence-electron chi connectivity index (χ4n) is 1.00. The standard InChI is InChI=1S/C11H15NO/c1-9(2)12-13-8-11-7-5-4-6-10(11)3/h4-7H,8H2,1-3H3. The number of hydrogen-bond donors (Lipinski definition) is 0. The van der Waals surface area contributed by atoms with Gasteiger partial charge in [0.25, 0.3) is 0 Å². The van der Waals surface area contributed by atoms with Crippen LogP contribution in [0.5, 0.6) is 0 Å². The largest absolute Gasteiger partial charge is 0.391 e. The van der Waals surface area contributed by atoms with Crippen molar-refractivity contribution in [2.24, 2.45) is 5.16 Å². The Labute approximate surface area is 79.2 Å². The van der Waals surface area contributed by atoms with Gasteiger partial charge in [0.05, 0.1) is 5.71 Å². The Hall–Kier alpha value is -1.31. The molecule has 0 bridgehead atoms. The van der Waals surface area contributed by atoms with Crippen molar-refractivity contribution in [2.45, 2.75) is 27.4 Å². The third kappa shape index (κ3) is 3.28. The lowest BCUT2D eigenvalue weighted by Gasteiger charge is -2.03. The Morgan fingerprint density at radius 3 is 2.62 bits per heavy atom. The van der Waals surface area contributed by atoms with Crippen LogP contribution in [0.25, 0.3) is 0 Å². The molecule has 2 heteroatoms. The van der Waals surface area contributed by atoms with Crippen LogP contribution in [-0.4, -0.2) is 5.71 Å². The van der Waals surface area contributed by atoms with Gasteiger partial charge in [-0.05, 0) is 31.9 Å². The van der Waals surface area contributed by atoms with Gasteiger partial charge in [-0.15, -0.1) is 0 Å². The smallest absolute Gasteiger partial charge is 0.142 e. The van der Waals surface area contributed by atoms with E-state index in [-0.39, 0.29) is 0 Å². The molecule has 13 heavy (non-hydrogen) atoms. The van der Waals surface area contributed by atoms with Gasteiger partial charge in [0, 0.05) is 0 Å². The van der Waals surface area contributed by atoms with E-state index < -0.39 is 0 Å². The average molecular weight is 177 g/mol. The molecule has 0 saturated heterocycles. The summed E-state index contributed by atoms with van der Waals surface area (Å²) in [4.78, 5) is 5.15. The Kier molecular flexibility index (Phi) is 3.50. The van der Waals surface area contributed by atoms with Gasteiger partial charge in [0.1, 0.15) is 6.61 Å². The summed E-state index contributed by atoms with van der Waals surface area (Å²) in [5, 5.41) is 3.88. The van der Waals surface area contributed by atoms with Gasteiger partial charge in [-0.3, -0.25) is 0 Å². The van der Waals surface area contributed by atoms with E-state index in [4.69, 9.17) is 4.84 Å². The minimum Gasteiger partial charge on any atom is -0.391 e. The predicted molar refractivity (Wildman–Crippen MR) is 54.8 cm³/mol. The molecular formula is C11H15NO. The lowest BCUT2D eigenvalue weighted by atomic mass is 10.1. The molecular weight excluding hydrogens is 162 g/mol. The maximum absolute atomic E-state index is 5.15. The highest BCUT2D eigenvalue weighted by Crippen LogP contribution is 2.08. The monoisotopic (exact) mass is 177 g/mol. The summed E-state index contributed by atoms with van der Waals surface area (Å²) in [6.45, 7) is 6.45. The summed E-state index contributed by atoms with van der Waals surface area (Å²) >= 11 is 0. The molecule has 0 unspecified atom stereocenters. The van der Waals surface area contributed by atoms with Crippen LogP contribution >= 0.6 is 0 Å². The van der Waals surface area contributed by atoms with Gasteiger partial charge in [0.2, 0.25) is 0 Å². The molecule has 1 rings (SSSR count). The Morgan fingerprint density at radius 1 is 1.31 bits per heavy atom. The predicted octanol–water partition coefficient (Wildman–Crippen LogP) is 2.91. The van der Waals surface area contributed by atoms with Gasteiger partial charge < -0.3 is 4.84 Å². The minimum atomic E-state index is 0.553. The highest BCUT2D eigenvalue weighted by Gasteiger charge is 1.95. The first kappa shape index (κ1) is 9.78. The molecule has 0 saturated carbocycles. The molecule has 0 radical (unpaired) electrons. The zero-order chi connectivity index (χ0) is 9.68. The summed E-state index contributed by atoms with van der Waals surface area (Å²) in [7, 11) is 0. The normalized spacial score (nSPS) is 9.46. The van der Waals surface area contributed by atoms with Crippen LogP contribution in [0.1, 0.15) is 25.0 Å². The molecule has 0 aliphatic heterocycles. The van der Waals surface area contributed by atoms with E-state index >= 15 is 0 Å². The second-order valence-corrected chi connectivity index (χ2v) is 3.24. The molecule has 0 atom stereocenters. The first-order chi connectivity index (χ1) is 6.20. The SMILES string of the molecule is CC(C)=NOCc1ccccc1C. The summed E-state index contributed by atoms with van der Waals surface area (Å²) in [6, 6.07) is 8.15. The minimum absolute atomic E-state index is 0.553. The number of hydrogen-bond acceptors (Lipinski definition) is 2. The van der Waals surface area contributed by atoms with Gasteiger partial charge in [0.15, 0.2) is 0 Å². The summed E-state index contributed by atoms with van der Waals surface area (Å²) in [6.07, 6.45) is 0. The lowest BCUT2D eigenvalue weighted by molar-refractivity contribution is 0.130. The number of rotatable bonds is 3. The maximum atomic E-state index is 5.15. The Morgan fingerprint density at radius 2 is 2.00 bits per heavy atom. The number of benzene rings is 1. The first-order valence-corrected chi connectivity index (χ1v) is 4.38.